The van der Waals surface area contributed by atoms with Crippen LogP contribution in [-0.4, -0.2) is 13.6 Å². The number of hydrogen-bond donors (Lipinski definition) is 0. The molecule has 0 aliphatic heterocycles. The minimum Gasteiger partial charge on any atom is -0.361 e. The van der Waals surface area contributed by atoms with E-state index >= 15 is 0 Å². The topological polar surface area (TPSA) is 60.2 Å². The summed E-state index contributed by atoms with van der Waals surface area (Å²) in [7, 11) is -3.41. The zero-order valence-electron chi connectivity index (χ0n) is 10.6. The van der Waals surface area contributed by atoms with Crippen molar-refractivity contribution < 1.29 is 17.3 Å². The maximum absolute atomic E-state index is 12.8. The van der Waals surface area contributed by atoms with Crippen LogP contribution < -0.4 is 0 Å². The van der Waals surface area contributed by atoms with Crippen molar-refractivity contribution in [2.24, 2.45) is 0 Å². The summed E-state index contributed by atoms with van der Waals surface area (Å²) in [4.78, 5) is 0. The van der Waals surface area contributed by atoms with E-state index in [0.29, 0.717) is 17.0 Å². The van der Waals surface area contributed by atoms with Crippen LogP contribution in [0.1, 0.15) is 29.2 Å². The van der Waals surface area contributed by atoms with Gasteiger partial charge in [-0.15, -0.1) is 0 Å². The van der Waals surface area contributed by atoms with Gasteiger partial charge in [-0.05, 0) is 31.5 Å². The number of hydrogen-bond acceptors (Lipinski definition) is 4. The zero-order valence-corrected chi connectivity index (χ0v) is 11.4. The number of aryl methyl sites for hydroxylation is 1. The van der Waals surface area contributed by atoms with E-state index in [2.05, 4.69) is 5.16 Å². The van der Waals surface area contributed by atoms with E-state index in [9.17, 15) is 12.8 Å². The van der Waals surface area contributed by atoms with Gasteiger partial charge in [-0.1, -0.05) is 17.3 Å². The quantitative estimate of drug-likeness (QED) is 0.865. The molecule has 0 saturated carbocycles. The predicted octanol–water partition coefficient (Wildman–Crippen LogP) is 2.80. The first-order valence-electron chi connectivity index (χ1n) is 5.78. The van der Waals surface area contributed by atoms with E-state index in [1.165, 1.54) is 24.3 Å². The minimum atomic E-state index is -3.41. The SMILES string of the molecule is Cc1cc(CS(=O)(=O)C(C)c2ccc(F)cc2)no1. The highest BCUT2D eigenvalue weighted by molar-refractivity contribution is 7.90. The van der Waals surface area contributed by atoms with Gasteiger partial charge < -0.3 is 4.52 Å². The molecule has 2 aromatic rings. The van der Waals surface area contributed by atoms with Crippen molar-refractivity contribution in [3.63, 3.8) is 0 Å². The van der Waals surface area contributed by atoms with Crippen molar-refractivity contribution in [2.75, 3.05) is 0 Å². The smallest absolute Gasteiger partial charge is 0.162 e. The molecule has 6 heteroatoms. The Morgan fingerprint density at radius 2 is 1.95 bits per heavy atom. The van der Waals surface area contributed by atoms with Crippen LogP contribution >= 0.6 is 0 Å². The molecular weight excluding hydrogens is 269 g/mol. The van der Waals surface area contributed by atoms with Crippen molar-refractivity contribution in [1.29, 1.82) is 0 Å². The third-order valence-electron chi connectivity index (χ3n) is 2.90. The van der Waals surface area contributed by atoms with Gasteiger partial charge in [0.05, 0.1) is 16.7 Å². The lowest BCUT2D eigenvalue weighted by Gasteiger charge is -2.12. The van der Waals surface area contributed by atoms with Crippen molar-refractivity contribution in [1.82, 2.24) is 5.16 Å². The summed E-state index contributed by atoms with van der Waals surface area (Å²) in [6, 6.07) is 7.05. The van der Waals surface area contributed by atoms with Gasteiger partial charge >= 0.3 is 0 Å². The molecule has 1 aromatic heterocycles. The highest BCUT2D eigenvalue weighted by Crippen LogP contribution is 2.25. The molecule has 4 nitrogen and oxygen atoms in total. The van der Waals surface area contributed by atoms with Crippen LogP contribution in [-0.2, 0) is 15.6 Å². The third kappa shape index (κ3) is 3.20. The summed E-state index contributed by atoms with van der Waals surface area (Å²) in [6.45, 7) is 3.28. The van der Waals surface area contributed by atoms with Gasteiger partial charge in [0.1, 0.15) is 11.6 Å². The largest absolute Gasteiger partial charge is 0.361 e. The fourth-order valence-electron chi connectivity index (χ4n) is 1.76. The van der Waals surface area contributed by atoms with Gasteiger partial charge in [0, 0.05) is 6.07 Å². The second kappa shape index (κ2) is 5.13. The molecule has 1 atom stereocenters. The van der Waals surface area contributed by atoms with Gasteiger partial charge in [0.25, 0.3) is 0 Å². The van der Waals surface area contributed by atoms with Crippen LogP contribution in [0.5, 0.6) is 0 Å². The molecule has 0 spiro atoms. The molecule has 0 saturated heterocycles. The van der Waals surface area contributed by atoms with Crippen LogP contribution in [0.2, 0.25) is 0 Å². The van der Waals surface area contributed by atoms with Gasteiger partial charge in [-0.25, -0.2) is 12.8 Å². The Balaban J connectivity index is 2.21. The molecular formula is C13H14FNO3S. The van der Waals surface area contributed by atoms with E-state index in [0.717, 1.165) is 0 Å². The number of rotatable bonds is 4. The molecule has 1 heterocycles. The lowest BCUT2D eigenvalue weighted by Crippen LogP contribution is -2.13. The van der Waals surface area contributed by atoms with Crippen LogP contribution in [0.3, 0.4) is 0 Å². The summed E-state index contributed by atoms with van der Waals surface area (Å²) < 4.78 is 42.1. The predicted molar refractivity (Wildman–Crippen MR) is 68.7 cm³/mol. The van der Waals surface area contributed by atoms with Crippen LogP contribution in [0.4, 0.5) is 4.39 Å². The summed E-state index contributed by atoms with van der Waals surface area (Å²) in [5.74, 6) is -0.0109. The van der Waals surface area contributed by atoms with Crippen molar-refractivity contribution >= 4 is 9.84 Å². The Hall–Kier alpha value is -1.69. The molecule has 102 valence electrons. The van der Waals surface area contributed by atoms with E-state index in [-0.39, 0.29) is 11.6 Å². The Morgan fingerprint density at radius 3 is 2.47 bits per heavy atom. The number of nitrogens with zero attached hydrogens (tertiary/aromatic N) is 1. The highest BCUT2D eigenvalue weighted by Gasteiger charge is 2.24. The fourth-order valence-corrected chi connectivity index (χ4v) is 3.13. The molecule has 0 aliphatic carbocycles. The van der Waals surface area contributed by atoms with E-state index < -0.39 is 15.1 Å². The first-order valence-corrected chi connectivity index (χ1v) is 7.49. The summed E-state index contributed by atoms with van der Waals surface area (Å²) >= 11 is 0. The lowest BCUT2D eigenvalue weighted by molar-refractivity contribution is 0.392. The van der Waals surface area contributed by atoms with E-state index in [1.807, 2.05) is 0 Å². The zero-order chi connectivity index (χ0) is 14.0. The highest BCUT2D eigenvalue weighted by atomic mass is 32.2. The first-order chi connectivity index (χ1) is 8.88. The Morgan fingerprint density at radius 1 is 1.32 bits per heavy atom. The Kier molecular flexibility index (Phi) is 3.71. The van der Waals surface area contributed by atoms with Gasteiger partial charge in [0.2, 0.25) is 0 Å². The van der Waals surface area contributed by atoms with Gasteiger partial charge in [-0.2, -0.15) is 0 Å². The minimum absolute atomic E-state index is 0.192. The summed E-state index contributed by atoms with van der Waals surface area (Å²) in [5.41, 5.74) is 0.938. The Bertz CT molecular complexity index is 661. The summed E-state index contributed by atoms with van der Waals surface area (Å²) in [6.07, 6.45) is 0. The van der Waals surface area contributed by atoms with Gasteiger partial charge in [-0.3, -0.25) is 0 Å². The maximum atomic E-state index is 12.8. The first kappa shape index (κ1) is 13.7. The van der Waals surface area contributed by atoms with E-state index in [1.54, 1.807) is 19.9 Å². The third-order valence-corrected chi connectivity index (χ3v) is 4.95. The average Bonchev–Trinajstić information content (AvgIpc) is 2.74. The van der Waals surface area contributed by atoms with Crippen molar-refractivity contribution in [2.45, 2.75) is 24.9 Å². The second-order valence-corrected chi connectivity index (χ2v) is 6.75. The average molecular weight is 283 g/mol. The fraction of sp³-hybridized carbons (Fsp3) is 0.308. The molecule has 1 unspecified atom stereocenters. The van der Waals surface area contributed by atoms with Crippen molar-refractivity contribution in [3.05, 3.63) is 53.2 Å². The molecule has 2 rings (SSSR count). The molecule has 0 N–H and O–H groups in total. The molecule has 1 aromatic carbocycles. The van der Waals surface area contributed by atoms with Crippen LogP contribution in [0, 0.1) is 12.7 Å². The number of benzene rings is 1. The molecule has 0 amide bonds. The van der Waals surface area contributed by atoms with Crippen molar-refractivity contribution in [3.8, 4) is 0 Å². The molecule has 0 radical (unpaired) electrons. The molecule has 0 fully saturated rings. The maximum Gasteiger partial charge on any atom is 0.162 e. The normalized spacial score (nSPS) is 13.4. The Labute approximate surface area is 111 Å². The lowest BCUT2D eigenvalue weighted by atomic mass is 10.2. The van der Waals surface area contributed by atoms with Crippen LogP contribution in [0.15, 0.2) is 34.9 Å². The van der Waals surface area contributed by atoms with Crippen LogP contribution in [0.25, 0.3) is 0 Å². The van der Waals surface area contributed by atoms with E-state index in [4.69, 9.17) is 4.52 Å². The molecule has 0 bridgehead atoms. The monoisotopic (exact) mass is 283 g/mol. The number of halogens is 1. The molecule has 0 aliphatic rings. The van der Waals surface area contributed by atoms with Gasteiger partial charge in [0.15, 0.2) is 9.84 Å². The number of aromatic nitrogens is 1. The number of sulfone groups is 1. The standard InChI is InChI=1S/C13H14FNO3S/c1-9-7-13(15-18-9)8-19(16,17)10(2)11-3-5-12(14)6-4-11/h3-7,10H,8H2,1-2H3. The summed E-state index contributed by atoms with van der Waals surface area (Å²) in [5, 5.41) is 2.96. The second-order valence-electron chi connectivity index (χ2n) is 4.43. The molecule has 19 heavy (non-hydrogen) atoms.